The summed E-state index contributed by atoms with van der Waals surface area (Å²) in [6, 6.07) is 8.10. The highest BCUT2D eigenvalue weighted by Gasteiger charge is 2.20. The van der Waals surface area contributed by atoms with Gasteiger partial charge in [0, 0.05) is 30.5 Å². The molecule has 0 saturated carbocycles. The fourth-order valence-corrected chi connectivity index (χ4v) is 2.19. The zero-order valence-corrected chi connectivity index (χ0v) is 9.72. The van der Waals surface area contributed by atoms with Crippen LogP contribution in [0.3, 0.4) is 0 Å². The normalized spacial score (nSPS) is 13.8. The SMILES string of the molecule is Cc1cc(N2Cc3ccc(N)cc3C2)ncn1. The molecule has 1 aromatic carbocycles. The van der Waals surface area contributed by atoms with Crippen LogP contribution in [0.15, 0.2) is 30.6 Å². The quantitative estimate of drug-likeness (QED) is 0.754. The fourth-order valence-electron chi connectivity index (χ4n) is 2.19. The van der Waals surface area contributed by atoms with Gasteiger partial charge in [0.2, 0.25) is 0 Å². The Hall–Kier alpha value is -2.10. The van der Waals surface area contributed by atoms with Crippen molar-refractivity contribution in [2.45, 2.75) is 20.0 Å². The van der Waals surface area contributed by atoms with E-state index in [0.717, 1.165) is 30.3 Å². The molecule has 2 aromatic rings. The molecule has 4 heteroatoms. The molecule has 3 rings (SSSR count). The Kier molecular flexibility index (Phi) is 2.21. The van der Waals surface area contributed by atoms with Gasteiger partial charge in [-0.2, -0.15) is 0 Å². The molecule has 2 N–H and O–H groups in total. The van der Waals surface area contributed by atoms with Gasteiger partial charge < -0.3 is 10.6 Å². The van der Waals surface area contributed by atoms with Crippen LogP contribution < -0.4 is 10.6 Å². The van der Waals surface area contributed by atoms with Crippen LogP contribution in [-0.2, 0) is 13.1 Å². The molecule has 0 unspecified atom stereocenters. The van der Waals surface area contributed by atoms with Gasteiger partial charge in [0.25, 0.3) is 0 Å². The van der Waals surface area contributed by atoms with Gasteiger partial charge in [0.15, 0.2) is 0 Å². The van der Waals surface area contributed by atoms with Crippen molar-refractivity contribution in [1.82, 2.24) is 9.97 Å². The topological polar surface area (TPSA) is 55.0 Å². The van der Waals surface area contributed by atoms with E-state index in [1.165, 1.54) is 11.1 Å². The lowest BCUT2D eigenvalue weighted by Gasteiger charge is -2.16. The average molecular weight is 226 g/mol. The first-order valence-electron chi connectivity index (χ1n) is 5.63. The number of nitrogen functional groups attached to an aromatic ring is 1. The van der Waals surface area contributed by atoms with E-state index in [0.29, 0.717) is 0 Å². The number of hydrogen-bond donors (Lipinski definition) is 1. The Balaban J connectivity index is 1.91. The monoisotopic (exact) mass is 226 g/mol. The molecule has 0 saturated heterocycles. The van der Waals surface area contributed by atoms with Gasteiger partial charge in [-0.3, -0.25) is 0 Å². The minimum absolute atomic E-state index is 0.824. The molecule has 0 bridgehead atoms. The van der Waals surface area contributed by atoms with E-state index in [2.05, 4.69) is 20.9 Å². The second-order valence-corrected chi connectivity index (χ2v) is 4.40. The van der Waals surface area contributed by atoms with Crippen molar-refractivity contribution >= 4 is 11.5 Å². The van der Waals surface area contributed by atoms with Gasteiger partial charge in [-0.15, -0.1) is 0 Å². The van der Waals surface area contributed by atoms with E-state index in [4.69, 9.17) is 5.73 Å². The average Bonchev–Trinajstić information content (AvgIpc) is 2.72. The van der Waals surface area contributed by atoms with Crippen molar-refractivity contribution in [3.8, 4) is 0 Å². The molecule has 17 heavy (non-hydrogen) atoms. The van der Waals surface area contributed by atoms with E-state index in [1.807, 2.05) is 25.1 Å². The van der Waals surface area contributed by atoms with E-state index in [9.17, 15) is 0 Å². The van der Waals surface area contributed by atoms with E-state index in [1.54, 1.807) is 6.33 Å². The molecule has 2 heterocycles. The first-order valence-corrected chi connectivity index (χ1v) is 5.63. The van der Waals surface area contributed by atoms with Gasteiger partial charge in [-0.1, -0.05) is 6.07 Å². The Bertz CT molecular complexity index is 565. The number of fused-ring (bicyclic) bond motifs is 1. The Morgan fingerprint density at radius 1 is 1.12 bits per heavy atom. The number of aromatic nitrogens is 2. The zero-order valence-electron chi connectivity index (χ0n) is 9.72. The summed E-state index contributed by atoms with van der Waals surface area (Å²) in [7, 11) is 0. The maximum Gasteiger partial charge on any atom is 0.132 e. The van der Waals surface area contributed by atoms with Crippen LogP contribution in [0.1, 0.15) is 16.8 Å². The summed E-state index contributed by atoms with van der Waals surface area (Å²) in [4.78, 5) is 10.7. The highest BCUT2D eigenvalue weighted by atomic mass is 15.2. The maximum absolute atomic E-state index is 5.79. The number of rotatable bonds is 1. The first-order chi connectivity index (χ1) is 8.22. The van der Waals surface area contributed by atoms with Gasteiger partial charge in [-0.05, 0) is 30.2 Å². The van der Waals surface area contributed by atoms with Gasteiger partial charge >= 0.3 is 0 Å². The fraction of sp³-hybridized carbons (Fsp3) is 0.231. The second-order valence-electron chi connectivity index (χ2n) is 4.40. The number of anilines is 2. The minimum atomic E-state index is 0.824. The van der Waals surface area contributed by atoms with Gasteiger partial charge in [0.05, 0.1) is 0 Å². The van der Waals surface area contributed by atoms with Crippen molar-refractivity contribution in [3.63, 3.8) is 0 Å². The third kappa shape index (κ3) is 1.82. The number of nitrogens with zero attached hydrogens (tertiary/aromatic N) is 3. The van der Waals surface area contributed by atoms with Crippen LogP contribution in [0.5, 0.6) is 0 Å². The number of nitrogens with two attached hydrogens (primary N) is 1. The number of hydrogen-bond acceptors (Lipinski definition) is 4. The Morgan fingerprint density at radius 3 is 2.76 bits per heavy atom. The van der Waals surface area contributed by atoms with Crippen molar-refractivity contribution in [2.75, 3.05) is 10.6 Å². The Labute approximate surface area is 100 Å². The van der Waals surface area contributed by atoms with E-state index < -0.39 is 0 Å². The summed E-state index contributed by atoms with van der Waals surface area (Å²) in [5, 5.41) is 0. The first kappa shape index (κ1) is 10.1. The van der Waals surface area contributed by atoms with Crippen LogP contribution in [0.4, 0.5) is 11.5 Å². The highest BCUT2D eigenvalue weighted by Crippen LogP contribution is 2.28. The molecule has 0 spiro atoms. The lowest BCUT2D eigenvalue weighted by Crippen LogP contribution is -2.16. The van der Waals surface area contributed by atoms with Crippen LogP contribution >= 0.6 is 0 Å². The van der Waals surface area contributed by atoms with Crippen LogP contribution in [0.25, 0.3) is 0 Å². The Morgan fingerprint density at radius 2 is 1.94 bits per heavy atom. The third-order valence-corrected chi connectivity index (χ3v) is 3.07. The number of aryl methyl sites for hydroxylation is 1. The summed E-state index contributed by atoms with van der Waals surface area (Å²) in [6.45, 7) is 3.75. The molecule has 1 aliphatic rings. The zero-order chi connectivity index (χ0) is 11.8. The molecule has 4 nitrogen and oxygen atoms in total. The minimum Gasteiger partial charge on any atom is -0.399 e. The lowest BCUT2D eigenvalue weighted by molar-refractivity contribution is 0.847. The molecular weight excluding hydrogens is 212 g/mol. The van der Waals surface area contributed by atoms with Crippen molar-refractivity contribution in [3.05, 3.63) is 47.4 Å². The number of benzene rings is 1. The third-order valence-electron chi connectivity index (χ3n) is 3.07. The molecular formula is C13H14N4. The molecule has 0 fully saturated rings. The molecule has 0 radical (unpaired) electrons. The smallest absolute Gasteiger partial charge is 0.132 e. The lowest BCUT2D eigenvalue weighted by atomic mass is 10.1. The summed E-state index contributed by atoms with van der Waals surface area (Å²) in [5.41, 5.74) is 10.2. The van der Waals surface area contributed by atoms with Gasteiger partial charge in [-0.25, -0.2) is 9.97 Å². The highest BCUT2D eigenvalue weighted by molar-refractivity contribution is 5.52. The van der Waals surface area contributed by atoms with Crippen molar-refractivity contribution in [1.29, 1.82) is 0 Å². The second kappa shape index (κ2) is 3.73. The predicted molar refractivity (Wildman–Crippen MR) is 67.5 cm³/mol. The van der Waals surface area contributed by atoms with Crippen LogP contribution in [0.2, 0.25) is 0 Å². The summed E-state index contributed by atoms with van der Waals surface area (Å²) < 4.78 is 0. The van der Waals surface area contributed by atoms with E-state index >= 15 is 0 Å². The van der Waals surface area contributed by atoms with Crippen LogP contribution in [0, 0.1) is 6.92 Å². The summed E-state index contributed by atoms with van der Waals surface area (Å²) >= 11 is 0. The standard InChI is InChI=1S/C13H14N4/c1-9-4-13(16-8-15-9)17-6-10-2-3-12(14)5-11(10)7-17/h2-5,8H,6-7,14H2,1H3. The predicted octanol–water partition coefficient (Wildman–Crippen LogP) is 1.89. The largest absolute Gasteiger partial charge is 0.399 e. The van der Waals surface area contributed by atoms with Crippen molar-refractivity contribution < 1.29 is 0 Å². The molecule has 0 atom stereocenters. The molecule has 86 valence electrons. The maximum atomic E-state index is 5.79. The summed E-state index contributed by atoms with van der Waals surface area (Å²) in [5.74, 6) is 0.979. The molecule has 0 amide bonds. The van der Waals surface area contributed by atoms with E-state index in [-0.39, 0.29) is 0 Å². The van der Waals surface area contributed by atoms with Crippen molar-refractivity contribution in [2.24, 2.45) is 0 Å². The molecule has 0 aliphatic carbocycles. The summed E-state index contributed by atoms with van der Waals surface area (Å²) in [6.07, 6.45) is 1.61. The molecule has 1 aliphatic heterocycles. The van der Waals surface area contributed by atoms with Crippen LogP contribution in [-0.4, -0.2) is 9.97 Å². The molecule has 1 aromatic heterocycles. The van der Waals surface area contributed by atoms with Gasteiger partial charge in [0.1, 0.15) is 12.1 Å².